The van der Waals surface area contributed by atoms with Gasteiger partial charge in [-0.3, -0.25) is 4.79 Å². The fourth-order valence-electron chi connectivity index (χ4n) is 2.92. The summed E-state index contributed by atoms with van der Waals surface area (Å²) in [5.74, 6) is 2.45. The van der Waals surface area contributed by atoms with E-state index >= 15 is 0 Å². The van der Waals surface area contributed by atoms with Crippen molar-refractivity contribution in [1.82, 2.24) is 0 Å². The number of fused-ring (bicyclic) bond motifs is 3. The van der Waals surface area contributed by atoms with Crippen molar-refractivity contribution in [2.24, 2.45) is 0 Å². The van der Waals surface area contributed by atoms with Crippen molar-refractivity contribution < 1.29 is 19.0 Å². The molecule has 0 aliphatic carbocycles. The van der Waals surface area contributed by atoms with E-state index in [0.717, 1.165) is 11.3 Å². The number of rotatable bonds is 2. The molecule has 0 fully saturated rings. The van der Waals surface area contributed by atoms with Gasteiger partial charge in [0.2, 0.25) is 0 Å². The Morgan fingerprint density at radius 2 is 2.15 bits per heavy atom. The molecule has 2 unspecified atom stereocenters. The Labute approximate surface area is 117 Å². The van der Waals surface area contributed by atoms with Crippen molar-refractivity contribution in [3.05, 3.63) is 47.4 Å². The number of allylic oxidation sites excluding steroid dienone is 1. The normalized spacial score (nSPS) is 23.6. The van der Waals surface area contributed by atoms with Crippen LogP contribution in [0.1, 0.15) is 25.3 Å². The molecule has 2 aliphatic rings. The van der Waals surface area contributed by atoms with Crippen molar-refractivity contribution in [2.75, 3.05) is 7.11 Å². The van der Waals surface area contributed by atoms with Gasteiger partial charge in [0, 0.05) is 11.1 Å². The van der Waals surface area contributed by atoms with E-state index in [1.165, 1.54) is 0 Å². The standard InChI is InChI=1S/C16H16O4/c1-8(17)14-9(2)20-16-10(3)19-13-6-5-11(18-4)7-12(13)15(14)16/h5-7,15-16H,3H2,1-2,4H3. The van der Waals surface area contributed by atoms with E-state index in [9.17, 15) is 4.79 Å². The van der Waals surface area contributed by atoms with E-state index in [1.807, 2.05) is 25.1 Å². The minimum atomic E-state index is -0.339. The van der Waals surface area contributed by atoms with Crippen LogP contribution in [-0.4, -0.2) is 19.0 Å². The number of benzene rings is 1. The highest BCUT2D eigenvalue weighted by Crippen LogP contribution is 2.49. The lowest BCUT2D eigenvalue weighted by molar-refractivity contribution is -0.113. The van der Waals surface area contributed by atoms with Gasteiger partial charge in [0.05, 0.1) is 13.0 Å². The average Bonchev–Trinajstić information content (AvgIpc) is 2.77. The lowest BCUT2D eigenvalue weighted by atomic mass is 9.83. The zero-order chi connectivity index (χ0) is 14.4. The first kappa shape index (κ1) is 12.8. The fourth-order valence-corrected chi connectivity index (χ4v) is 2.92. The molecule has 4 heteroatoms. The van der Waals surface area contributed by atoms with Crippen LogP contribution >= 0.6 is 0 Å². The Hall–Kier alpha value is -2.23. The maximum absolute atomic E-state index is 11.9. The van der Waals surface area contributed by atoms with E-state index in [2.05, 4.69) is 6.58 Å². The van der Waals surface area contributed by atoms with Crippen molar-refractivity contribution in [1.29, 1.82) is 0 Å². The Morgan fingerprint density at radius 1 is 1.40 bits per heavy atom. The number of methoxy groups -OCH3 is 1. The molecule has 3 rings (SSSR count). The van der Waals surface area contributed by atoms with Crippen LogP contribution in [0.25, 0.3) is 0 Å². The van der Waals surface area contributed by atoms with Gasteiger partial charge in [-0.25, -0.2) is 0 Å². The molecule has 0 bridgehead atoms. The first-order valence-electron chi connectivity index (χ1n) is 6.46. The van der Waals surface area contributed by atoms with Gasteiger partial charge in [-0.05, 0) is 32.0 Å². The van der Waals surface area contributed by atoms with E-state index < -0.39 is 0 Å². The van der Waals surface area contributed by atoms with Gasteiger partial charge in [0.1, 0.15) is 23.0 Å². The van der Waals surface area contributed by atoms with Gasteiger partial charge < -0.3 is 14.2 Å². The largest absolute Gasteiger partial charge is 0.497 e. The van der Waals surface area contributed by atoms with Crippen LogP contribution in [0.3, 0.4) is 0 Å². The molecule has 1 aromatic rings. The van der Waals surface area contributed by atoms with Crippen LogP contribution < -0.4 is 9.47 Å². The summed E-state index contributed by atoms with van der Waals surface area (Å²) in [6, 6.07) is 5.55. The molecule has 2 atom stereocenters. The monoisotopic (exact) mass is 272 g/mol. The van der Waals surface area contributed by atoms with Crippen LogP contribution in [0.4, 0.5) is 0 Å². The van der Waals surface area contributed by atoms with Crippen LogP contribution in [0.15, 0.2) is 41.9 Å². The van der Waals surface area contributed by atoms with Crippen LogP contribution in [0.5, 0.6) is 11.5 Å². The summed E-state index contributed by atoms with van der Waals surface area (Å²) >= 11 is 0. The molecule has 0 radical (unpaired) electrons. The zero-order valence-corrected chi connectivity index (χ0v) is 11.7. The third-order valence-corrected chi connectivity index (χ3v) is 3.79. The Bertz CT molecular complexity index is 642. The minimum absolute atomic E-state index is 0.0125. The highest BCUT2D eigenvalue weighted by molar-refractivity contribution is 5.96. The predicted octanol–water partition coefficient (Wildman–Crippen LogP) is 2.95. The molecular formula is C16H16O4. The smallest absolute Gasteiger partial charge is 0.166 e. The lowest BCUT2D eigenvalue weighted by Crippen LogP contribution is -2.28. The highest BCUT2D eigenvalue weighted by atomic mass is 16.5. The number of Topliss-reactive ketones (excluding diaryl/α,β-unsaturated/α-hetero) is 1. The van der Waals surface area contributed by atoms with E-state index in [-0.39, 0.29) is 17.8 Å². The van der Waals surface area contributed by atoms with Crippen LogP contribution in [-0.2, 0) is 9.53 Å². The number of carbonyl (C=O) groups is 1. The second kappa shape index (κ2) is 4.40. The first-order valence-corrected chi connectivity index (χ1v) is 6.46. The summed E-state index contributed by atoms with van der Waals surface area (Å²) in [6.45, 7) is 7.28. The Balaban J connectivity index is 2.18. The molecule has 0 saturated carbocycles. The summed E-state index contributed by atoms with van der Waals surface area (Å²) < 4.78 is 16.7. The highest BCUT2D eigenvalue weighted by Gasteiger charge is 2.45. The molecule has 20 heavy (non-hydrogen) atoms. The lowest BCUT2D eigenvalue weighted by Gasteiger charge is -2.30. The SMILES string of the molecule is C=C1Oc2ccc(OC)cc2C2C(C(C)=O)=C(C)OC12. The Kier molecular flexibility index (Phi) is 2.82. The molecule has 0 spiro atoms. The van der Waals surface area contributed by atoms with E-state index in [4.69, 9.17) is 14.2 Å². The van der Waals surface area contributed by atoms with Gasteiger partial charge in [-0.2, -0.15) is 0 Å². The summed E-state index contributed by atoms with van der Waals surface area (Å²) in [6.07, 6.45) is -0.339. The predicted molar refractivity (Wildman–Crippen MR) is 73.8 cm³/mol. The molecule has 0 saturated heterocycles. The Morgan fingerprint density at radius 3 is 2.80 bits per heavy atom. The maximum Gasteiger partial charge on any atom is 0.166 e. The summed E-state index contributed by atoms with van der Waals surface area (Å²) in [5.41, 5.74) is 1.60. The van der Waals surface area contributed by atoms with Crippen LogP contribution in [0, 0.1) is 0 Å². The fraction of sp³-hybridized carbons (Fsp3) is 0.312. The van der Waals surface area contributed by atoms with Crippen molar-refractivity contribution in [2.45, 2.75) is 25.9 Å². The van der Waals surface area contributed by atoms with Gasteiger partial charge >= 0.3 is 0 Å². The summed E-state index contributed by atoms with van der Waals surface area (Å²) in [7, 11) is 1.61. The van der Waals surface area contributed by atoms with Gasteiger partial charge in [0.15, 0.2) is 11.9 Å². The molecular weight excluding hydrogens is 256 g/mol. The quantitative estimate of drug-likeness (QED) is 0.830. The van der Waals surface area contributed by atoms with E-state index in [0.29, 0.717) is 22.8 Å². The zero-order valence-electron chi connectivity index (χ0n) is 11.7. The molecule has 0 aromatic heterocycles. The summed E-state index contributed by atoms with van der Waals surface area (Å²) in [4.78, 5) is 11.9. The second-order valence-corrected chi connectivity index (χ2v) is 5.01. The molecule has 4 nitrogen and oxygen atoms in total. The molecule has 104 valence electrons. The van der Waals surface area contributed by atoms with Gasteiger partial charge in [-0.15, -0.1) is 0 Å². The summed E-state index contributed by atoms with van der Waals surface area (Å²) in [5, 5.41) is 0. The molecule has 0 amide bonds. The van der Waals surface area contributed by atoms with Crippen LogP contribution in [0.2, 0.25) is 0 Å². The third kappa shape index (κ3) is 1.72. The van der Waals surface area contributed by atoms with Crippen molar-refractivity contribution >= 4 is 5.78 Å². The molecule has 1 aromatic carbocycles. The third-order valence-electron chi connectivity index (χ3n) is 3.79. The number of ether oxygens (including phenoxy) is 3. The number of hydrogen-bond donors (Lipinski definition) is 0. The topological polar surface area (TPSA) is 44.8 Å². The average molecular weight is 272 g/mol. The van der Waals surface area contributed by atoms with Crippen molar-refractivity contribution in [3.63, 3.8) is 0 Å². The van der Waals surface area contributed by atoms with Gasteiger partial charge in [0.25, 0.3) is 0 Å². The number of ketones is 1. The van der Waals surface area contributed by atoms with E-state index in [1.54, 1.807) is 14.0 Å². The molecule has 2 heterocycles. The number of carbonyl (C=O) groups excluding carboxylic acids is 1. The second-order valence-electron chi connectivity index (χ2n) is 5.01. The minimum Gasteiger partial charge on any atom is -0.497 e. The molecule has 0 N–H and O–H groups in total. The van der Waals surface area contributed by atoms with Gasteiger partial charge in [-0.1, -0.05) is 6.58 Å². The molecule has 2 aliphatic heterocycles. The first-order chi connectivity index (χ1) is 9.52. The van der Waals surface area contributed by atoms with Crippen molar-refractivity contribution in [3.8, 4) is 11.5 Å². The number of hydrogen-bond acceptors (Lipinski definition) is 4. The maximum atomic E-state index is 11.9.